The molecule has 5 rings (SSSR count). The zero-order valence-corrected chi connectivity index (χ0v) is 25.6. The average Bonchev–Trinajstić information content (AvgIpc) is 3.58. The molecule has 2 aliphatic carbocycles. The van der Waals surface area contributed by atoms with Crippen molar-refractivity contribution in [2.24, 2.45) is 5.41 Å². The maximum atomic E-state index is 14.4. The van der Waals surface area contributed by atoms with Crippen molar-refractivity contribution in [2.75, 3.05) is 5.75 Å². The van der Waals surface area contributed by atoms with Crippen LogP contribution in [0.25, 0.3) is 23.1 Å². The number of allylic oxidation sites excluding steroid dienone is 2. The molecular formula is C35H37ClFNO3S. The van der Waals surface area contributed by atoms with Gasteiger partial charge in [0.25, 0.3) is 0 Å². The van der Waals surface area contributed by atoms with Gasteiger partial charge in [0.2, 0.25) is 0 Å². The van der Waals surface area contributed by atoms with E-state index in [0.29, 0.717) is 17.2 Å². The van der Waals surface area contributed by atoms with Gasteiger partial charge in [-0.1, -0.05) is 66.2 Å². The van der Waals surface area contributed by atoms with E-state index in [4.69, 9.17) is 16.6 Å². The third-order valence-electron chi connectivity index (χ3n) is 8.16. The van der Waals surface area contributed by atoms with E-state index in [1.807, 2.05) is 68.5 Å². The number of carboxylic acids is 1. The Morgan fingerprint density at radius 3 is 2.67 bits per heavy atom. The lowest BCUT2D eigenvalue weighted by Gasteiger charge is -2.28. The molecule has 3 aromatic rings. The Bertz CT molecular complexity index is 1560. The lowest BCUT2D eigenvalue weighted by Crippen LogP contribution is -2.24. The van der Waals surface area contributed by atoms with E-state index in [1.54, 1.807) is 11.8 Å². The van der Waals surface area contributed by atoms with Crippen molar-refractivity contribution in [3.63, 3.8) is 0 Å². The van der Waals surface area contributed by atoms with E-state index < -0.39 is 23.2 Å². The standard InChI is InChI=1S/C35H37ClFNO3S/c1-34(2,41)29-9-4-3-7-24(29)13-17-31(42-22-35(20-32(35)37)21-33(39)40)26-8-5-6-23(18-26)10-15-28-16-12-25-11-14-27(36)19-30(25)38-28/h5-12,14-16,18-19,31-32,41H,3-4,13,17,20-22H2,1-2H3,(H,39,40)/b15-10+/t31-,32+,35+/m1/s1. The smallest absolute Gasteiger partial charge is 0.304 e. The SMILES string of the molecule is CC(C)(O)C1=CCCC=C1CC[C@@H](SC[C@@]1(CC(=O)O)C[C@@H]1F)c1cccc(/C=C/c2ccc3ccc(Cl)cc3n2)c1. The normalized spacial score (nSPS) is 21.3. The van der Waals surface area contributed by atoms with Gasteiger partial charge in [0.15, 0.2) is 0 Å². The maximum Gasteiger partial charge on any atom is 0.304 e. The molecule has 7 heteroatoms. The summed E-state index contributed by atoms with van der Waals surface area (Å²) < 4.78 is 14.4. The minimum Gasteiger partial charge on any atom is -0.481 e. The van der Waals surface area contributed by atoms with Gasteiger partial charge in [0.05, 0.1) is 23.2 Å². The van der Waals surface area contributed by atoms with Gasteiger partial charge in [-0.3, -0.25) is 4.79 Å². The molecule has 42 heavy (non-hydrogen) atoms. The third-order valence-corrected chi connectivity index (χ3v) is 10.0. The van der Waals surface area contributed by atoms with Crippen LogP contribution >= 0.6 is 23.4 Å². The minimum atomic E-state index is -1.06. The van der Waals surface area contributed by atoms with E-state index in [-0.39, 0.29) is 11.7 Å². The van der Waals surface area contributed by atoms with Gasteiger partial charge in [-0.05, 0) is 92.5 Å². The van der Waals surface area contributed by atoms with Crippen molar-refractivity contribution in [1.82, 2.24) is 4.98 Å². The van der Waals surface area contributed by atoms with E-state index in [9.17, 15) is 19.4 Å². The van der Waals surface area contributed by atoms with Crippen molar-refractivity contribution in [2.45, 2.75) is 69.4 Å². The molecule has 4 nitrogen and oxygen atoms in total. The fraction of sp³-hybridized carbons (Fsp3) is 0.371. The summed E-state index contributed by atoms with van der Waals surface area (Å²) in [7, 11) is 0. The van der Waals surface area contributed by atoms with Crippen LogP contribution in [-0.2, 0) is 4.79 Å². The highest BCUT2D eigenvalue weighted by molar-refractivity contribution is 7.99. The van der Waals surface area contributed by atoms with Gasteiger partial charge in [-0.25, -0.2) is 9.37 Å². The summed E-state index contributed by atoms with van der Waals surface area (Å²) in [4.78, 5) is 16.2. The molecule has 2 aliphatic rings. The number of rotatable bonds is 12. The van der Waals surface area contributed by atoms with Gasteiger partial charge in [-0.2, -0.15) is 11.8 Å². The number of hydrogen-bond donors (Lipinski definition) is 2. The van der Waals surface area contributed by atoms with Crippen LogP contribution in [0.5, 0.6) is 0 Å². The first-order valence-electron chi connectivity index (χ1n) is 14.5. The lowest BCUT2D eigenvalue weighted by atomic mass is 9.84. The van der Waals surface area contributed by atoms with Crippen LogP contribution in [0, 0.1) is 5.41 Å². The highest BCUT2D eigenvalue weighted by Gasteiger charge is 2.56. The molecule has 0 unspecified atom stereocenters. The Labute approximate surface area is 256 Å². The van der Waals surface area contributed by atoms with E-state index >= 15 is 0 Å². The molecule has 1 aromatic heterocycles. The van der Waals surface area contributed by atoms with Crippen LogP contribution in [0.3, 0.4) is 0 Å². The molecule has 0 saturated heterocycles. The van der Waals surface area contributed by atoms with Gasteiger partial charge in [0.1, 0.15) is 6.17 Å². The number of alkyl halides is 1. The molecule has 0 spiro atoms. The number of halogens is 2. The van der Waals surface area contributed by atoms with E-state index in [1.165, 1.54) is 0 Å². The second-order valence-corrected chi connectivity index (χ2v) is 13.6. The van der Waals surface area contributed by atoms with E-state index in [2.05, 4.69) is 24.3 Å². The minimum absolute atomic E-state index is 0.0450. The van der Waals surface area contributed by atoms with Gasteiger partial charge < -0.3 is 10.2 Å². The van der Waals surface area contributed by atoms with Crippen molar-refractivity contribution in [3.05, 3.63) is 99.7 Å². The maximum absolute atomic E-state index is 14.4. The van der Waals surface area contributed by atoms with Crippen molar-refractivity contribution >= 4 is 52.4 Å². The second kappa shape index (κ2) is 12.7. The lowest BCUT2D eigenvalue weighted by molar-refractivity contribution is -0.138. The monoisotopic (exact) mass is 605 g/mol. The number of carboxylic acid groups (broad SMARTS) is 1. The first-order chi connectivity index (χ1) is 20.0. The van der Waals surface area contributed by atoms with Gasteiger partial charge in [-0.15, -0.1) is 0 Å². The largest absolute Gasteiger partial charge is 0.481 e. The molecule has 2 aromatic carbocycles. The van der Waals surface area contributed by atoms with E-state index in [0.717, 1.165) is 64.6 Å². The molecule has 0 amide bonds. The van der Waals surface area contributed by atoms with Crippen molar-refractivity contribution in [1.29, 1.82) is 0 Å². The number of pyridine rings is 1. The number of nitrogens with zero attached hydrogens (tertiary/aromatic N) is 1. The summed E-state index contributed by atoms with van der Waals surface area (Å²) in [5.41, 5.74) is 4.26. The van der Waals surface area contributed by atoms with Crippen LogP contribution in [0.4, 0.5) is 4.39 Å². The Kier molecular flexibility index (Phi) is 9.26. The number of thioether (sulfide) groups is 1. The highest BCUT2D eigenvalue weighted by Crippen LogP contribution is 2.55. The summed E-state index contributed by atoms with van der Waals surface area (Å²) in [6.07, 6.45) is 10.9. The molecule has 1 saturated carbocycles. The second-order valence-electron chi connectivity index (χ2n) is 12.0. The molecule has 1 heterocycles. The number of hydrogen-bond acceptors (Lipinski definition) is 4. The van der Waals surface area contributed by atoms with Crippen LogP contribution in [0.1, 0.15) is 74.4 Å². The van der Waals surface area contributed by atoms with Crippen LogP contribution in [0.15, 0.2) is 77.9 Å². The zero-order chi connectivity index (χ0) is 29.9. The molecule has 1 fully saturated rings. The van der Waals surface area contributed by atoms with Crippen LogP contribution in [-0.4, -0.2) is 38.7 Å². The molecule has 0 bridgehead atoms. The molecule has 220 valence electrons. The fourth-order valence-corrected chi connectivity index (χ4v) is 7.45. The van der Waals surface area contributed by atoms with Crippen molar-refractivity contribution < 1.29 is 19.4 Å². The zero-order valence-electron chi connectivity index (χ0n) is 24.0. The molecular weight excluding hydrogens is 569 g/mol. The summed E-state index contributed by atoms with van der Waals surface area (Å²) in [5.74, 6) is -0.488. The predicted molar refractivity (Wildman–Crippen MR) is 172 cm³/mol. The number of aliphatic hydroxyl groups is 1. The number of carbonyl (C=O) groups is 1. The first-order valence-corrected chi connectivity index (χ1v) is 15.9. The fourth-order valence-electron chi connectivity index (χ4n) is 5.73. The van der Waals surface area contributed by atoms with Gasteiger partial charge in [0, 0.05) is 26.8 Å². The van der Waals surface area contributed by atoms with Crippen LogP contribution < -0.4 is 0 Å². The van der Waals surface area contributed by atoms with Crippen LogP contribution in [0.2, 0.25) is 5.02 Å². The molecule has 0 aliphatic heterocycles. The molecule has 3 atom stereocenters. The Hall–Kier alpha value is -2.93. The number of benzene rings is 2. The first kappa shape index (κ1) is 30.5. The summed E-state index contributed by atoms with van der Waals surface area (Å²) in [6.45, 7) is 3.65. The Morgan fingerprint density at radius 2 is 1.93 bits per heavy atom. The average molecular weight is 606 g/mol. The summed E-state index contributed by atoms with van der Waals surface area (Å²) in [6, 6.07) is 18.0. The highest BCUT2D eigenvalue weighted by atomic mass is 35.5. The van der Waals surface area contributed by atoms with Gasteiger partial charge >= 0.3 is 5.97 Å². The van der Waals surface area contributed by atoms with Crippen molar-refractivity contribution in [3.8, 4) is 0 Å². The predicted octanol–water partition coefficient (Wildman–Crippen LogP) is 9.23. The Morgan fingerprint density at radius 1 is 1.17 bits per heavy atom. The summed E-state index contributed by atoms with van der Waals surface area (Å²) in [5, 5.41) is 21.9. The third kappa shape index (κ3) is 7.52. The summed E-state index contributed by atoms with van der Waals surface area (Å²) >= 11 is 7.81. The molecule has 0 radical (unpaired) electrons. The topological polar surface area (TPSA) is 70.4 Å². The number of aromatic nitrogens is 1. The quantitative estimate of drug-likeness (QED) is 0.215. The molecule has 2 N–H and O–H groups in total. The Balaban J connectivity index is 1.37. The number of fused-ring (bicyclic) bond motifs is 1. The number of aliphatic carboxylic acids is 1.